The number of nitrogens with two attached hydrogens (primary N) is 1. The van der Waals surface area contributed by atoms with Crippen LogP contribution < -0.4 is 10.5 Å². The highest BCUT2D eigenvalue weighted by molar-refractivity contribution is 5.96. The van der Waals surface area contributed by atoms with Crippen molar-refractivity contribution < 1.29 is 18.7 Å². The number of methoxy groups -OCH3 is 1. The minimum Gasteiger partial charge on any atom is -0.492 e. The molecule has 0 aliphatic heterocycles. The van der Waals surface area contributed by atoms with Gasteiger partial charge in [0.2, 0.25) is 0 Å². The number of nitrogen functional groups attached to an aromatic ring is 1. The van der Waals surface area contributed by atoms with Gasteiger partial charge in [0.25, 0.3) is 0 Å². The molecule has 0 saturated heterocycles. The van der Waals surface area contributed by atoms with E-state index in [9.17, 15) is 9.18 Å². The Kier molecular flexibility index (Phi) is 3.49. The van der Waals surface area contributed by atoms with Gasteiger partial charge in [-0.1, -0.05) is 0 Å². The van der Waals surface area contributed by atoms with Crippen molar-refractivity contribution in [1.29, 1.82) is 0 Å². The largest absolute Gasteiger partial charge is 0.492 e. The van der Waals surface area contributed by atoms with Crippen LogP contribution in [0.5, 0.6) is 5.75 Å². The predicted molar refractivity (Wildman–Crippen MR) is 53.3 cm³/mol. The number of halogens is 1. The van der Waals surface area contributed by atoms with Gasteiger partial charge in [-0.05, 0) is 19.1 Å². The topological polar surface area (TPSA) is 61.5 Å². The molecule has 1 rings (SSSR count). The minimum absolute atomic E-state index is 0.0454. The summed E-state index contributed by atoms with van der Waals surface area (Å²) < 4.78 is 22.6. The van der Waals surface area contributed by atoms with E-state index >= 15 is 0 Å². The number of hydrogen-bond donors (Lipinski definition) is 1. The fourth-order valence-corrected chi connectivity index (χ4v) is 1.17. The van der Waals surface area contributed by atoms with Gasteiger partial charge in [-0.2, -0.15) is 0 Å². The lowest BCUT2D eigenvalue weighted by molar-refractivity contribution is 0.0527. The molecule has 0 unspecified atom stereocenters. The third-order valence-electron chi connectivity index (χ3n) is 1.85. The van der Waals surface area contributed by atoms with Crippen molar-refractivity contribution in [2.75, 3.05) is 19.5 Å². The van der Waals surface area contributed by atoms with Crippen molar-refractivity contribution in [1.82, 2.24) is 0 Å². The van der Waals surface area contributed by atoms with Crippen molar-refractivity contribution in [3.05, 3.63) is 23.5 Å². The Labute approximate surface area is 86.8 Å². The van der Waals surface area contributed by atoms with Crippen LogP contribution in [0.1, 0.15) is 17.3 Å². The standard InChI is InChI=1S/C10H12FNO3/c1-3-15-10(13)6-4-5-7(11)9(14-2)8(6)12/h4-5H,3,12H2,1-2H3. The monoisotopic (exact) mass is 213 g/mol. The summed E-state index contributed by atoms with van der Waals surface area (Å²) >= 11 is 0. The van der Waals surface area contributed by atoms with Crippen molar-refractivity contribution in [3.63, 3.8) is 0 Å². The zero-order valence-corrected chi connectivity index (χ0v) is 8.54. The molecule has 1 aromatic carbocycles. The smallest absolute Gasteiger partial charge is 0.340 e. The van der Waals surface area contributed by atoms with Crippen LogP contribution in [-0.4, -0.2) is 19.7 Å². The Morgan fingerprint density at radius 3 is 2.73 bits per heavy atom. The number of esters is 1. The highest BCUT2D eigenvalue weighted by atomic mass is 19.1. The maximum atomic E-state index is 13.1. The SMILES string of the molecule is CCOC(=O)c1ccc(F)c(OC)c1N. The summed E-state index contributed by atoms with van der Waals surface area (Å²) in [6.45, 7) is 1.91. The van der Waals surface area contributed by atoms with Gasteiger partial charge in [0.05, 0.1) is 25.0 Å². The molecule has 15 heavy (non-hydrogen) atoms. The third-order valence-corrected chi connectivity index (χ3v) is 1.85. The summed E-state index contributed by atoms with van der Waals surface area (Å²) in [6, 6.07) is 2.38. The Balaban J connectivity index is 3.15. The molecule has 0 atom stereocenters. The molecule has 2 N–H and O–H groups in total. The van der Waals surface area contributed by atoms with E-state index in [1.807, 2.05) is 0 Å². The second kappa shape index (κ2) is 4.63. The first-order valence-electron chi connectivity index (χ1n) is 4.40. The number of hydrogen-bond acceptors (Lipinski definition) is 4. The van der Waals surface area contributed by atoms with Crippen molar-refractivity contribution in [2.45, 2.75) is 6.92 Å². The molecule has 0 aliphatic rings. The zero-order chi connectivity index (χ0) is 11.4. The molecule has 0 aliphatic carbocycles. The van der Waals surface area contributed by atoms with E-state index in [1.165, 1.54) is 13.2 Å². The van der Waals surface area contributed by atoms with Gasteiger partial charge >= 0.3 is 5.97 Å². The molecule has 0 radical (unpaired) electrons. The molecule has 0 spiro atoms. The third kappa shape index (κ3) is 2.18. The average molecular weight is 213 g/mol. The molecule has 1 aromatic rings. The van der Waals surface area contributed by atoms with E-state index in [4.69, 9.17) is 15.2 Å². The Bertz CT molecular complexity index is 379. The number of ether oxygens (including phenoxy) is 2. The van der Waals surface area contributed by atoms with Crippen LogP contribution in [0, 0.1) is 5.82 Å². The van der Waals surface area contributed by atoms with Crippen molar-refractivity contribution >= 4 is 11.7 Å². The molecule has 0 aromatic heterocycles. The quantitative estimate of drug-likeness (QED) is 0.611. The van der Waals surface area contributed by atoms with Crippen LogP contribution in [-0.2, 0) is 4.74 Å². The Hall–Kier alpha value is -1.78. The molecule has 0 amide bonds. The summed E-state index contributed by atoms with van der Waals surface area (Å²) in [6.07, 6.45) is 0. The van der Waals surface area contributed by atoms with Crippen molar-refractivity contribution in [2.24, 2.45) is 0 Å². The van der Waals surface area contributed by atoms with Gasteiger partial charge in [-0.3, -0.25) is 0 Å². The minimum atomic E-state index is -0.608. The fourth-order valence-electron chi connectivity index (χ4n) is 1.17. The highest BCUT2D eigenvalue weighted by Crippen LogP contribution is 2.28. The first kappa shape index (κ1) is 11.3. The van der Waals surface area contributed by atoms with E-state index in [0.29, 0.717) is 0 Å². The lowest BCUT2D eigenvalue weighted by Gasteiger charge is -2.09. The van der Waals surface area contributed by atoms with Gasteiger partial charge in [0.1, 0.15) is 0 Å². The van der Waals surface area contributed by atoms with Crippen LogP contribution in [0.2, 0.25) is 0 Å². The van der Waals surface area contributed by atoms with Crippen LogP contribution in [0.3, 0.4) is 0 Å². The lowest BCUT2D eigenvalue weighted by atomic mass is 10.1. The number of carbonyl (C=O) groups excluding carboxylic acids is 1. The Morgan fingerprint density at radius 2 is 2.20 bits per heavy atom. The van der Waals surface area contributed by atoms with Crippen LogP contribution in [0.25, 0.3) is 0 Å². The van der Waals surface area contributed by atoms with Crippen LogP contribution in [0.4, 0.5) is 10.1 Å². The Morgan fingerprint density at radius 1 is 1.53 bits per heavy atom. The molecule has 82 valence electrons. The highest BCUT2D eigenvalue weighted by Gasteiger charge is 2.17. The first-order chi connectivity index (χ1) is 7.11. The number of benzene rings is 1. The number of anilines is 1. The number of carbonyl (C=O) groups is 1. The maximum absolute atomic E-state index is 13.1. The summed E-state index contributed by atoms with van der Waals surface area (Å²) in [5, 5.41) is 0. The van der Waals surface area contributed by atoms with E-state index in [2.05, 4.69) is 0 Å². The molecule has 0 saturated carbocycles. The van der Waals surface area contributed by atoms with Crippen molar-refractivity contribution in [3.8, 4) is 5.75 Å². The summed E-state index contributed by atoms with van der Waals surface area (Å²) in [4.78, 5) is 11.4. The summed E-state index contributed by atoms with van der Waals surface area (Å²) in [5.41, 5.74) is 5.62. The van der Waals surface area contributed by atoms with Gasteiger partial charge in [-0.25, -0.2) is 9.18 Å². The van der Waals surface area contributed by atoms with Gasteiger partial charge in [0.15, 0.2) is 11.6 Å². The van der Waals surface area contributed by atoms with E-state index in [0.717, 1.165) is 6.07 Å². The van der Waals surface area contributed by atoms with Gasteiger partial charge in [-0.15, -0.1) is 0 Å². The normalized spacial score (nSPS) is 9.80. The molecular formula is C10H12FNO3. The second-order valence-electron chi connectivity index (χ2n) is 2.76. The lowest BCUT2D eigenvalue weighted by Crippen LogP contribution is -2.09. The van der Waals surface area contributed by atoms with E-state index in [-0.39, 0.29) is 23.6 Å². The zero-order valence-electron chi connectivity index (χ0n) is 8.54. The second-order valence-corrected chi connectivity index (χ2v) is 2.76. The molecule has 0 bridgehead atoms. The molecule has 4 nitrogen and oxygen atoms in total. The molecule has 0 fully saturated rings. The van der Waals surface area contributed by atoms with E-state index < -0.39 is 11.8 Å². The van der Waals surface area contributed by atoms with Crippen LogP contribution >= 0.6 is 0 Å². The summed E-state index contributed by atoms with van der Waals surface area (Å²) in [5.74, 6) is -1.34. The maximum Gasteiger partial charge on any atom is 0.340 e. The summed E-state index contributed by atoms with van der Waals surface area (Å²) in [7, 11) is 1.28. The predicted octanol–water partition coefficient (Wildman–Crippen LogP) is 1.59. The average Bonchev–Trinajstić information content (AvgIpc) is 2.18. The molecule has 0 heterocycles. The van der Waals surface area contributed by atoms with Crippen LogP contribution in [0.15, 0.2) is 12.1 Å². The van der Waals surface area contributed by atoms with Gasteiger partial charge < -0.3 is 15.2 Å². The molecule has 5 heteroatoms. The first-order valence-corrected chi connectivity index (χ1v) is 4.40. The molecular weight excluding hydrogens is 201 g/mol. The fraction of sp³-hybridized carbons (Fsp3) is 0.300. The number of rotatable bonds is 3. The van der Waals surface area contributed by atoms with Gasteiger partial charge in [0, 0.05) is 0 Å². The van der Waals surface area contributed by atoms with E-state index in [1.54, 1.807) is 6.92 Å².